The number of piperazine rings is 1. The van der Waals surface area contributed by atoms with Crippen LogP contribution in [0.25, 0.3) is 0 Å². The van der Waals surface area contributed by atoms with Crippen molar-refractivity contribution in [3.8, 4) is 5.75 Å². The van der Waals surface area contributed by atoms with Gasteiger partial charge in [0.25, 0.3) is 0 Å². The lowest BCUT2D eigenvalue weighted by Crippen LogP contribution is -2.44. The number of rotatable bonds is 4. The van der Waals surface area contributed by atoms with Gasteiger partial charge in [0, 0.05) is 51.0 Å². The normalized spacial score (nSPS) is 17.8. The Kier molecular flexibility index (Phi) is 4.57. The second kappa shape index (κ2) is 6.18. The van der Waals surface area contributed by atoms with E-state index in [-0.39, 0.29) is 17.8 Å². The molecule has 0 unspecified atom stereocenters. The molecule has 0 saturated carbocycles. The summed E-state index contributed by atoms with van der Waals surface area (Å²) in [5.41, 5.74) is 0.472. The number of pyridine rings is 1. The van der Waals surface area contributed by atoms with Gasteiger partial charge in [0.15, 0.2) is 5.75 Å². The van der Waals surface area contributed by atoms with E-state index in [0.29, 0.717) is 13.1 Å². The van der Waals surface area contributed by atoms with Gasteiger partial charge >= 0.3 is 0 Å². The highest BCUT2D eigenvalue weighted by Gasteiger charge is 2.16. The van der Waals surface area contributed by atoms with Crippen molar-refractivity contribution >= 4 is 0 Å². The standard InChI is InChI=1S/C13H21N3O3/c1-14-2-4-15(5-3-14)9-11-8-12(18)13(19)10-16(11)6-7-17/h8,10,17,19H,2-7,9H2,1H3. The summed E-state index contributed by atoms with van der Waals surface area (Å²) in [4.78, 5) is 16.1. The highest BCUT2D eigenvalue weighted by Crippen LogP contribution is 2.10. The van der Waals surface area contributed by atoms with Crippen LogP contribution in [-0.2, 0) is 13.1 Å². The molecule has 1 aromatic rings. The Morgan fingerprint density at radius 3 is 2.58 bits per heavy atom. The minimum atomic E-state index is -0.363. The van der Waals surface area contributed by atoms with E-state index in [1.54, 1.807) is 4.57 Å². The zero-order valence-electron chi connectivity index (χ0n) is 11.2. The average molecular weight is 267 g/mol. The SMILES string of the molecule is CN1CCN(Cc2cc(=O)c(O)cn2CCO)CC1. The van der Waals surface area contributed by atoms with Crippen LogP contribution in [0.3, 0.4) is 0 Å². The number of likely N-dealkylation sites (N-methyl/N-ethyl adjacent to an activating group) is 1. The predicted molar refractivity (Wildman–Crippen MR) is 72.2 cm³/mol. The summed E-state index contributed by atoms with van der Waals surface area (Å²) in [5, 5.41) is 18.5. The fourth-order valence-corrected chi connectivity index (χ4v) is 2.29. The fourth-order valence-electron chi connectivity index (χ4n) is 2.29. The average Bonchev–Trinajstić information content (AvgIpc) is 2.38. The van der Waals surface area contributed by atoms with E-state index in [2.05, 4.69) is 16.8 Å². The van der Waals surface area contributed by atoms with E-state index in [1.165, 1.54) is 12.3 Å². The van der Waals surface area contributed by atoms with Crippen LogP contribution in [0.2, 0.25) is 0 Å². The lowest BCUT2D eigenvalue weighted by atomic mass is 10.2. The number of aromatic hydroxyl groups is 1. The fraction of sp³-hybridized carbons (Fsp3) is 0.615. The lowest BCUT2D eigenvalue weighted by molar-refractivity contribution is 0.144. The third-order valence-electron chi connectivity index (χ3n) is 3.52. The van der Waals surface area contributed by atoms with Gasteiger partial charge < -0.3 is 19.7 Å². The van der Waals surface area contributed by atoms with Gasteiger partial charge in [-0.05, 0) is 7.05 Å². The van der Waals surface area contributed by atoms with Gasteiger partial charge in [-0.3, -0.25) is 9.69 Å². The number of aliphatic hydroxyl groups is 1. The summed E-state index contributed by atoms with van der Waals surface area (Å²) in [6, 6.07) is 1.46. The molecule has 0 aromatic carbocycles. The molecule has 0 radical (unpaired) electrons. The molecule has 1 saturated heterocycles. The minimum absolute atomic E-state index is 0.0158. The predicted octanol–water partition coefficient (Wildman–Crippen LogP) is -0.706. The van der Waals surface area contributed by atoms with Crippen LogP contribution in [0.4, 0.5) is 0 Å². The Balaban J connectivity index is 2.14. The molecule has 0 atom stereocenters. The number of hydrogen-bond donors (Lipinski definition) is 2. The summed E-state index contributed by atoms with van der Waals surface area (Å²) < 4.78 is 1.75. The zero-order chi connectivity index (χ0) is 13.8. The van der Waals surface area contributed by atoms with Gasteiger partial charge in [0.1, 0.15) is 0 Å². The zero-order valence-corrected chi connectivity index (χ0v) is 11.2. The van der Waals surface area contributed by atoms with Gasteiger partial charge in [-0.15, -0.1) is 0 Å². The third-order valence-corrected chi connectivity index (χ3v) is 3.52. The van der Waals surface area contributed by atoms with Crippen LogP contribution >= 0.6 is 0 Å². The molecular formula is C13H21N3O3. The van der Waals surface area contributed by atoms with Crippen molar-refractivity contribution in [3.63, 3.8) is 0 Å². The van der Waals surface area contributed by atoms with E-state index in [4.69, 9.17) is 5.11 Å². The Labute approximate surface area is 112 Å². The number of aromatic nitrogens is 1. The van der Waals surface area contributed by atoms with Crippen LogP contribution in [0, 0.1) is 0 Å². The quantitative estimate of drug-likeness (QED) is 0.754. The summed E-state index contributed by atoms with van der Waals surface area (Å²) in [7, 11) is 2.10. The molecular weight excluding hydrogens is 246 g/mol. The molecule has 1 fully saturated rings. The molecule has 6 heteroatoms. The van der Waals surface area contributed by atoms with E-state index < -0.39 is 0 Å². The Hall–Kier alpha value is -1.37. The maximum Gasteiger partial charge on any atom is 0.223 e. The smallest absolute Gasteiger partial charge is 0.223 e. The van der Waals surface area contributed by atoms with Gasteiger partial charge in [-0.25, -0.2) is 0 Å². The van der Waals surface area contributed by atoms with Crippen LogP contribution in [0.5, 0.6) is 5.75 Å². The molecule has 0 aliphatic carbocycles. The first-order valence-electron chi connectivity index (χ1n) is 6.54. The van der Waals surface area contributed by atoms with Crippen molar-refractivity contribution in [1.29, 1.82) is 0 Å². The molecule has 0 spiro atoms. The number of aliphatic hydroxyl groups excluding tert-OH is 1. The number of nitrogens with zero attached hydrogens (tertiary/aromatic N) is 3. The molecule has 106 valence electrons. The highest BCUT2D eigenvalue weighted by atomic mass is 16.3. The molecule has 0 amide bonds. The molecule has 1 aromatic heterocycles. The summed E-state index contributed by atoms with van der Waals surface area (Å²) in [6.07, 6.45) is 1.41. The van der Waals surface area contributed by atoms with E-state index in [9.17, 15) is 9.90 Å². The third kappa shape index (κ3) is 3.56. The van der Waals surface area contributed by atoms with Gasteiger partial charge in [-0.2, -0.15) is 0 Å². The molecule has 19 heavy (non-hydrogen) atoms. The Morgan fingerprint density at radius 2 is 1.95 bits per heavy atom. The van der Waals surface area contributed by atoms with Crippen molar-refractivity contribution in [3.05, 3.63) is 28.2 Å². The van der Waals surface area contributed by atoms with Crippen LogP contribution < -0.4 is 5.43 Å². The van der Waals surface area contributed by atoms with Crippen molar-refractivity contribution in [2.45, 2.75) is 13.1 Å². The van der Waals surface area contributed by atoms with E-state index >= 15 is 0 Å². The van der Waals surface area contributed by atoms with Gasteiger partial charge in [0.2, 0.25) is 5.43 Å². The second-order valence-corrected chi connectivity index (χ2v) is 5.01. The Bertz CT molecular complexity index is 479. The van der Waals surface area contributed by atoms with Crippen molar-refractivity contribution in [2.24, 2.45) is 0 Å². The first kappa shape index (κ1) is 14.0. The second-order valence-electron chi connectivity index (χ2n) is 5.01. The molecule has 1 aliphatic heterocycles. The molecule has 2 heterocycles. The van der Waals surface area contributed by atoms with Gasteiger partial charge in [0.05, 0.1) is 12.8 Å². The minimum Gasteiger partial charge on any atom is -0.503 e. The van der Waals surface area contributed by atoms with E-state index in [1.807, 2.05) is 0 Å². The van der Waals surface area contributed by atoms with Crippen LogP contribution in [-0.4, -0.2) is 64.4 Å². The maximum atomic E-state index is 11.5. The van der Waals surface area contributed by atoms with Crippen LogP contribution in [0.1, 0.15) is 5.69 Å². The number of hydrogen-bond acceptors (Lipinski definition) is 5. The molecule has 6 nitrogen and oxygen atoms in total. The topological polar surface area (TPSA) is 68.9 Å². The van der Waals surface area contributed by atoms with E-state index in [0.717, 1.165) is 31.9 Å². The van der Waals surface area contributed by atoms with Crippen molar-refractivity contribution in [2.75, 3.05) is 39.8 Å². The Morgan fingerprint density at radius 1 is 1.26 bits per heavy atom. The molecule has 0 bridgehead atoms. The van der Waals surface area contributed by atoms with Crippen LogP contribution in [0.15, 0.2) is 17.1 Å². The summed E-state index contributed by atoms with van der Waals surface area (Å²) in [5.74, 6) is -0.268. The molecule has 2 rings (SSSR count). The van der Waals surface area contributed by atoms with Crippen molar-refractivity contribution < 1.29 is 10.2 Å². The first-order chi connectivity index (χ1) is 9.10. The summed E-state index contributed by atoms with van der Waals surface area (Å²) in [6.45, 7) is 5.00. The monoisotopic (exact) mass is 267 g/mol. The highest BCUT2D eigenvalue weighted by molar-refractivity contribution is 5.20. The lowest BCUT2D eigenvalue weighted by Gasteiger charge is -2.32. The van der Waals surface area contributed by atoms with Crippen molar-refractivity contribution in [1.82, 2.24) is 14.4 Å². The largest absolute Gasteiger partial charge is 0.503 e. The first-order valence-corrected chi connectivity index (χ1v) is 6.54. The molecule has 2 N–H and O–H groups in total. The maximum absolute atomic E-state index is 11.5. The van der Waals surface area contributed by atoms with Gasteiger partial charge in [-0.1, -0.05) is 0 Å². The summed E-state index contributed by atoms with van der Waals surface area (Å²) >= 11 is 0. The molecule has 1 aliphatic rings.